The Kier molecular flexibility index (Phi) is 5.39. The van der Waals surface area contributed by atoms with Gasteiger partial charge in [-0.2, -0.15) is 0 Å². The van der Waals surface area contributed by atoms with Crippen LogP contribution in [0, 0.1) is 6.92 Å². The first kappa shape index (κ1) is 15.6. The average Bonchev–Trinajstić information content (AvgIpc) is 2.47. The van der Waals surface area contributed by atoms with Crippen LogP contribution >= 0.6 is 15.9 Å². The Morgan fingerprint density at radius 1 is 1.14 bits per heavy atom. The van der Waals surface area contributed by atoms with Crippen LogP contribution in [0.2, 0.25) is 0 Å². The Morgan fingerprint density at radius 3 is 2.48 bits per heavy atom. The molecule has 0 aliphatic carbocycles. The Bertz CT molecular complexity index is 623. The van der Waals surface area contributed by atoms with Crippen molar-refractivity contribution in [1.29, 1.82) is 0 Å². The van der Waals surface area contributed by atoms with Crippen LogP contribution in [0.5, 0.6) is 0 Å². The van der Waals surface area contributed by atoms with Crippen LogP contribution in [-0.2, 0) is 6.54 Å². The molecule has 0 unspecified atom stereocenters. The number of nitrogens with one attached hydrogen (secondary N) is 2. The second-order valence-electron chi connectivity index (χ2n) is 4.89. The lowest BCUT2D eigenvalue weighted by molar-refractivity contribution is 0.0956. The molecular weight excluding hydrogens is 328 g/mol. The van der Waals surface area contributed by atoms with Gasteiger partial charge in [-0.15, -0.1) is 0 Å². The van der Waals surface area contributed by atoms with E-state index in [1.54, 1.807) is 0 Å². The predicted molar refractivity (Wildman–Crippen MR) is 90.7 cm³/mol. The number of carbonyl (C=O) groups excluding carboxylic acids is 1. The van der Waals surface area contributed by atoms with E-state index >= 15 is 0 Å². The summed E-state index contributed by atoms with van der Waals surface area (Å²) in [6.45, 7) is 5.36. The molecule has 0 saturated heterocycles. The summed E-state index contributed by atoms with van der Waals surface area (Å²) in [5, 5.41) is 6.14. The van der Waals surface area contributed by atoms with E-state index in [4.69, 9.17) is 0 Å². The fourth-order valence-electron chi connectivity index (χ4n) is 2.00. The summed E-state index contributed by atoms with van der Waals surface area (Å²) in [5.41, 5.74) is 4.11. The summed E-state index contributed by atoms with van der Waals surface area (Å²) in [6.07, 6.45) is 0. The molecule has 0 atom stereocenters. The van der Waals surface area contributed by atoms with E-state index in [0.29, 0.717) is 12.1 Å². The lowest BCUT2D eigenvalue weighted by Gasteiger charge is -2.10. The average molecular weight is 347 g/mol. The van der Waals surface area contributed by atoms with Crippen molar-refractivity contribution in [2.75, 3.05) is 11.9 Å². The number of aryl methyl sites for hydroxylation is 1. The number of halogens is 1. The fourth-order valence-corrected chi connectivity index (χ4v) is 2.63. The van der Waals surface area contributed by atoms with Gasteiger partial charge in [-0.3, -0.25) is 4.79 Å². The second-order valence-corrected chi connectivity index (χ2v) is 5.74. The maximum absolute atomic E-state index is 11.7. The minimum absolute atomic E-state index is 0.0367. The van der Waals surface area contributed by atoms with Crippen LogP contribution in [0.15, 0.2) is 46.9 Å². The lowest BCUT2D eigenvalue weighted by Crippen LogP contribution is -2.22. The summed E-state index contributed by atoms with van der Waals surface area (Å²) < 4.78 is 1.11. The summed E-state index contributed by atoms with van der Waals surface area (Å²) in [7, 11) is 0. The molecule has 2 aromatic rings. The van der Waals surface area contributed by atoms with E-state index in [1.807, 2.05) is 31.2 Å². The normalized spacial score (nSPS) is 10.2. The van der Waals surface area contributed by atoms with Gasteiger partial charge in [0.25, 0.3) is 5.91 Å². The van der Waals surface area contributed by atoms with Crippen molar-refractivity contribution in [1.82, 2.24) is 5.32 Å². The summed E-state index contributed by atoms with van der Waals surface area (Å²) in [4.78, 5) is 11.7. The molecule has 0 aliphatic heterocycles. The maximum atomic E-state index is 11.7. The zero-order valence-electron chi connectivity index (χ0n) is 12.2. The molecule has 21 heavy (non-hydrogen) atoms. The third-order valence-electron chi connectivity index (χ3n) is 3.18. The number of rotatable bonds is 5. The highest BCUT2D eigenvalue weighted by Crippen LogP contribution is 2.20. The predicted octanol–water partition coefficient (Wildman–Crippen LogP) is 4.12. The number of amides is 1. The van der Waals surface area contributed by atoms with E-state index in [0.717, 1.165) is 16.7 Å². The summed E-state index contributed by atoms with van der Waals surface area (Å²) in [5.74, 6) is -0.0367. The van der Waals surface area contributed by atoms with Gasteiger partial charge < -0.3 is 10.6 Å². The number of benzene rings is 2. The maximum Gasteiger partial charge on any atom is 0.251 e. The van der Waals surface area contributed by atoms with E-state index in [9.17, 15) is 4.79 Å². The van der Waals surface area contributed by atoms with Crippen LogP contribution in [0.4, 0.5) is 5.69 Å². The third-order valence-corrected chi connectivity index (χ3v) is 3.91. The molecule has 1 amide bonds. The quantitative estimate of drug-likeness (QED) is 0.854. The lowest BCUT2D eigenvalue weighted by atomic mass is 10.1. The molecule has 0 fully saturated rings. The summed E-state index contributed by atoms with van der Waals surface area (Å²) >= 11 is 3.58. The van der Waals surface area contributed by atoms with E-state index in [2.05, 4.69) is 51.7 Å². The standard InChI is InChI=1S/C17H19BrN2O/c1-3-19-17(21)13-6-8-15(9-7-13)20-11-14-5-4-12(2)10-16(14)18/h4-10,20H,3,11H2,1-2H3,(H,19,21). The first-order valence-corrected chi connectivity index (χ1v) is 7.76. The van der Waals surface area contributed by atoms with Crippen LogP contribution in [0.25, 0.3) is 0 Å². The van der Waals surface area contributed by atoms with Gasteiger partial charge in [-0.1, -0.05) is 28.1 Å². The molecule has 0 aromatic heterocycles. The Morgan fingerprint density at radius 2 is 1.86 bits per heavy atom. The molecule has 3 nitrogen and oxygen atoms in total. The Hall–Kier alpha value is -1.81. The highest BCUT2D eigenvalue weighted by atomic mass is 79.9. The SMILES string of the molecule is CCNC(=O)c1ccc(NCc2ccc(C)cc2Br)cc1. The molecule has 2 aromatic carbocycles. The number of hydrogen-bond donors (Lipinski definition) is 2. The first-order valence-electron chi connectivity index (χ1n) is 6.97. The van der Waals surface area contributed by atoms with Gasteiger partial charge >= 0.3 is 0 Å². The number of carbonyl (C=O) groups is 1. The van der Waals surface area contributed by atoms with Crippen molar-refractivity contribution in [2.45, 2.75) is 20.4 Å². The van der Waals surface area contributed by atoms with E-state index in [1.165, 1.54) is 11.1 Å². The number of hydrogen-bond acceptors (Lipinski definition) is 2. The first-order chi connectivity index (χ1) is 10.1. The van der Waals surface area contributed by atoms with Crippen molar-refractivity contribution in [2.24, 2.45) is 0 Å². The van der Waals surface area contributed by atoms with Gasteiger partial charge in [0, 0.05) is 28.8 Å². The van der Waals surface area contributed by atoms with Crippen molar-refractivity contribution in [3.63, 3.8) is 0 Å². The van der Waals surface area contributed by atoms with Crippen LogP contribution in [-0.4, -0.2) is 12.5 Å². The van der Waals surface area contributed by atoms with Crippen molar-refractivity contribution >= 4 is 27.5 Å². The topological polar surface area (TPSA) is 41.1 Å². The molecule has 0 aliphatic rings. The molecule has 2 rings (SSSR count). The number of anilines is 1. The molecule has 0 bridgehead atoms. The molecular formula is C17H19BrN2O. The Labute approximate surface area is 133 Å². The zero-order valence-corrected chi connectivity index (χ0v) is 13.8. The molecule has 4 heteroatoms. The molecule has 0 spiro atoms. The van der Waals surface area contributed by atoms with Gasteiger partial charge in [-0.25, -0.2) is 0 Å². The molecule has 2 N–H and O–H groups in total. The van der Waals surface area contributed by atoms with Crippen molar-refractivity contribution in [3.05, 3.63) is 63.6 Å². The minimum atomic E-state index is -0.0367. The van der Waals surface area contributed by atoms with Gasteiger partial charge in [-0.05, 0) is 55.3 Å². The van der Waals surface area contributed by atoms with Crippen molar-refractivity contribution in [3.8, 4) is 0 Å². The van der Waals surface area contributed by atoms with Crippen molar-refractivity contribution < 1.29 is 4.79 Å². The van der Waals surface area contributed by atoms with Gasteiger partial charge in [0.2, 0.25) is 0 Å². The van der Waals surface area contributed by atoms with Crippen LogP contribution in [0.3, 0.4) is 0 Å². The molecule has 0 saturated carbocycles. The van der Waals surface area contributed by atoms with Crippen LogP contribution in [0.1, 0.15) is 28.4 Å². The van der Waals surface area contributed by atoms with Gasteiger partial charge in [0.05, 0.1) is 0 Å². The largest absolute Gasteiger partial charge is 0.381 e. The highest BCUT2D eigenvalue weighted by Gasteiger charge is 2.04. The highest BCUT2D eigenvalue weighted by molar-refractivity contribution is 9.10. The fraction of sp³-hybridized carbons (Fsp3) is 0.235. The van der Waals surface area contributed by atoms with Gasteiger partial charge in [0.1, 0.15) is 0 Å². The Balaban J connectivity index is 1.99. The minimum Gasteiger partial charge on any atom is -0.381 e. The van der Waals surface area contributed by atoms with Crippen LogP contribution < -0.4 is 10.6 Å². The van der Waals surface area contributed by atoms with E-state index in [-0.39, 0.29) is 5.91 Å². The zero-order chi connectivity index (χ0) is 15.2. The molecule has 0 heterocycles. The molecule has 0 radical (unpaired) electrons. The smallest absolute Gasteiger partial charge is 0.251 e. The summed E-state index contributed by atoms with van der Waals surface area (Å²) in [6, 6.07) is 13.8. The third kappa shape index (κ3) is 4.33. The van der Waals surface area contributed by atoms with Gasteiger partial charge in [0.15, 0.2) is 0 Å². The molecule has 110 valence electrons. The monoisotopic (exact) mass is 346 g/mol. The second kappa shape index (κ2) is 7.27. The van der Waals surface area contributed by atoms with E-state index < -0.39 is 0 Å².